The summed E-state index contributed by atoms with van der Waals surface area (Å²) < 4.78 is 0. The molecule has 0 aromatic heterocycles. The fraction of sp³-hybridized carbons (Fsp3) is 0.333. The molecule has 144 valence electrons. The Morgan fingerprint density at radius 1 is 1.19 bits per heavy atom. The average molecular weight is 388 g/mol. The van der Waals surface area contributed by atoms with Crippen molar-refractivity contribution in [1.82, 2.24) is 5.32 Å². The number of nitrogens with one attached hydrogen (secondary N) is 1. The van der Waals surface area contributed by atoms with Crippen LogP contribution in [0.1, 0.15) is 36.9 Å². The molecule has 1 heterocycles. The van der Waals surface area contributed by atoms with Gasteiger partial charge in [-0.25, -0.2) is 0 Å². The number of rotatable bonds is 6. The lowest BCUT2D eigenvalue weighted by Crippen LogP contribution is -2.35. The number of nitrogens with two attached hydrogens (primary N) is 1. The van der Waals surface area contributed by atoms with Crippen LogP contribution in [0.2, 0.25) is 0 Å². The van der Waals surface area contributed by atoms with Crippen LogP contribution in [0.15, 0.2) is 54.6 Å². The van der Waals surface area contributed by atoms with Gasteiger partial charge in [-0.05, 0) is 29.7 Å². The van der Waals surface area contributed by atoms with Crippen molar-refractivity contribution in [2.75, 3.05) is 11.4 Å². The molecule has 5 nitrogen and oxygen atoms in total. The highest BCUT2D eigenvalue weighted by atomic mass is 35.5. The van der Waals surface area contributed by atoms with Gasteiger partial charge >= 0.3 is 0 Å². The third-order valence-electron chi connectivity index (χ3n) is 4.90. The summed E-state index contributed by atoms with van der Waals surface area (Å²) in [5, 5.41) is 2.96. The lowest BCUT2D eigenvalue weighted by molar-refractivity contribution is -0.125. The Balaban J connectivity index is 0.00000261. The molecule has 3 N–H and O–H groups in total. The van der Waals surface area contributed by atoms with E-state index in [0.717, 1.165) is 29.8 Å². The molecule has 0 aliphatic carbocycles. The van der Waals surface area contributed by atoms with E-state index in [1.165, 1.54) is 0 Å². The van der Waals surface area contributed by atoms with Gasteiger partial charge in [-0.1, -0.05) is 49.4 Å². The maximum Gasteiger partial charge on any atom is 0.227 e. The van der Waals surface area contributed by atoms with Crippen LogP contribution in [0.4, 0.5) is 5.69 Å². The minimum atomic E-state index is -0.343. The van der Waals surface area contributed by atoms with Crippen molar-refractivity contribution >= 4 is 29.9 Å². The third kappa shape index (κ3) is 5.08. The highest BCUT2D eigenvalue weighted by molar-refractivity contribution is 5.95. The van der Waals surface area contributed by atoms with E-state index in [4.69, 9.17) is 5.73 Å². The molecule has 0 saturated carbocycles. The van der Waals surface area contributed by atoms with Crippen molar-refractivity contribution in [1.29, 1.82) is 0 Å². The molecule has 3 rings (SSSR count). The minimum Gasteiger partial charge on any atom is -0.352 e. The zero-order chi connectivity index (χ0) is 18.5. The van der Waals surface area contributed by atoms with Gasteiger partial charge in [0.05, 0.1) is 5.92 Å². The van der Waals surface area contributed by atoms with Gasteiger partial charge in [0.15, 0.2) is 0 Å². The smallest absolute Gasteiger partial charge is 0.227 e. The fourth-order valence-electron chi connectivity index (χ4n) is 3.23. The Labute approximate surface area is 166 Å². The Morgan fingerprint density at radius 2 is 1.93 bits per heavy atom. The molecule has 1 saturated heterocycles. The number of halogens is 1. The topological polar surface area (TPSA) is 75.4 Å². The van der Waals surface area contributed by atoms with Gasteiger partial charge in [0, 0.05) is 31.2 Å². The molecule has 2 amide bonds. The van der Waals surface area contributed by atoms with Gasteiger partial charge in [-0.2, -0.15) is 0 Å². The molecule has 0 radical (unpaired) electrons. The van der Waals surface area contributed by atoms with Crippen molar-refractivity contribution in [2.24, 2.45) is 11.7 Å². The number of hydrogen-bond acceptors (Lipinski definition) is 3. The van der Waals surface area contributed by atoms with Crippen molar-refractivity contribution in [3.63, 3.8) is 0 Å². The van der Waals surface area contributed by atoms with E-state index in [1.807, 2.05) is 61.5 Å². The Kier molecular flexibility index (Phi) is 7.39. The number of nitrogens with zero attached hydrogens (tertiary/aromatic N) is 1. The number of carbonyl (C=O) groups excluding carboxylic acids is 2. The molecule has 2 unspecified atom stereocenters. The lowest BCUT2D eigenvalue weighted by Gasteiger charge is -2.20. The van der Waals surface area contributed by atoms with Crippen molar-refractivity contribution in [3.05, 3.63) is 65.7 Å². The molecule has 2 atom stereocenters. The number of amides is 2. The van der Waals surface area contributed by atoms with Crippen molar-refractivity contribution < 1.29 is 9.59 Å². The van der Waals surface area contributed by atoms with E-state index >= 15 is 0 Å². The molecule has 0 spiro atoms. The number of anilines is 1. The van der Waals surface area contributed by atoms with E-state index < -0.39 is 0 Å². The summed E-state index contributed by atoms with van der Waals surface area (Å²) in [6, 6.07) is 17.1. The van der Waals surface area contributed by atoms with Gasteiger partial charge < -0.3 is 16.0 Å². The first kappa shape index (κ1) is 20.9. The molecule has 1 fully saturated rings. The molecule has 0 bridgehead atoms. The summed E-state index contributed by atoms with van der Waals surface area (Å²) >= 11 is 0. The first-order valence-electron chi connectivity index (χ1n) is 9.04. The van der Waals surface area contributed by atoms with Crippen LogP contribution < -0.4 is 16.0 Å². The van der Waals surface area contributed by atoms with Gasteiger partial charge in [0.25, 0.3) is 0 Å². The molecule has 2 aromatic carbocycles. The lowest BCUT2D eigenvalue weighted by atomic mass is 9.94. The maximum absolute atomic E-state index is 12.5. The number of carbonyl (C=O) groups is 2. The molecule has 2 aromatic rings. The standard InChI is InChI=1S/C21H25N3O2.ClH/c1-15(20(22)17-8-3-2-4-9-17)21(26)23-14-16-7-5-10-18(13-16)24-12-6-11-19(24)25;/h2-5,7-10,13,15,20H,6,11-12,14,22H2,1H3,(H,23,26);1H. The fourth-order valence-corrected chi connectivity index (χ4v) is 3.23. The second-order valence-electron chi connectivity index (χ2n) is 6.76. The van der Waals surface area contributed by atoms with Crippen LogP contribution in [-0.2, 0) is 16.1 Å². The highest BCUT2D eigenvalue weighted by Crippen LogP contribution is 2.23. The SMILES string of the molecule is CC(C(=O)NCc1cccc(N2CCCC2=O)c1)C(N)c1ccccc1.Cl. The van der Waals surface area contributed by atoms with E-state index in [9.17, 15) is 9.59 Å². The Morgan fingerprint density at radius 3 is 2.59 bits per heavy atom. The minimum absolute atomic E-state index is 0. The summed E-state index contributed by atoms with van der Waals surface area (Å²) in [4.78, 5) is 26.2. The first-order valence-corrected chi connectivity index (χ1v) is 9.04. The quantitative estimate of drug-likeness (QED) is 0.799. The molecule has 6 heteroatoms. The number of hydrogen-bond donors (Lipinski definition) is 2. The predicted octanol–water partition coefficient (Wildman–Crippen LogP) is 3.19. The van der Waals surface area contributed by atoms with Crippen LogP contribution in [0.5, 0.6) is 0 Å². The van der Waals surface area contributed by atoms with Crippen molar-refractivity contribution in [3.8, 4) is 0 Å². The molecular weight excluding hydrogens is 362 g/mol. The summed E-state index contributed by atoms with van der Waals surface area (Å²) in [7, 11) is 0. The molecular formula is C21H26ClN3O2. The van der Waals surface area contributed by atoms with Gasteiger partial charge in [-0.3, -0.25) is 9.59 Å². The maximum atomic E-state index is 12.5. The van der Waals surface area contributed by atoms with Gasteiger partial charge in [0.1, 0.15) is 0 Å². The monoisotopic (exact) mass is 387 g/mol. The zero-order valence-electron chi connectivity index (χ0n) is 15.4. The van der Waals surface area contributed by atoms with E-state index in [2.05, 4.69) is 5.32 Å². The van der Waals surface area contributed by atoms with Crippen LogP contribution in [0.25, 0.3) is 0 Å². The van der Waals surface area contributed by atoms with E-state index in [1.54, 1.807) is 4.90 Å². The van der Waals surface area contributed by atoms with Gasteiger partial charge in [0.2, 0.25) is 11.8 Å². The average Bonchev–Trinajstić information content (AvgIpc) is 3.11. The predicted molar refractivity (Wildman–Crippen MR) is 110 cm³/mol. The summed E-state index contributed by atoms with van der Waals surface area (Å²) in [5.41, 5.74) is 9.04. The highest BCUT2D eigenvalue weighted by Gasteiger charge is 2.23. The molecule has 1 aliphatic heterocycles. The second kappa shape index (κ2) is 9.53. The largest absolute Gasteiger partial charge is 0.352 e. The molecule has 1 aliphatic rings. The van der Waals surface area contributed by atoms with Crippen LogP contribution >= 0.6 is 12.4 Å². The third-order valence-corrected chi connectivity index (χ3v) is 4.90. The van der Waals surface area contributed by atoms with E-state index in [0.29, 0.717) is 13.0 Å². The van der Waals surface area contributed by atoms with Crippen LogP contribution in [-0.4, -0.2) is 18.4 Å². The Hall–Kier alpha value is -2.37. The van der Waals surface area contributed by atoms with E-state index in [-0.39, 0.29) is 36.2 Å². The van der Waals surface area contributed by atoms with Crippen LogP contribution in [0.3, 0.4) is 0 Å². The second-order valence-corrected chi connectivity index (χ2v) is 6.76. The number of benzene rings is 2. The summed E-state index contributed by atoms with van der Waals surface area (Å²) in [5.74, 6) is -0.251. The summed E-state index contributed by atoms with van der Waals surface area (Å²) in [6.45, 7) is 3.02. The first-order chi connectivity index (χ1) is 12.6. The normalized spacial score (nSPS) is 15.8. The van der Waals surface area contributed by atoms with Gasteiger partial charge in [-0.15, -0.1) is 12.4 Å². The van der Waals surface area contributed by atoms with Crippen molar-refractivity contribution in [2.45, 2.75) is 32.4 Å². The van der Waals surface area contributed by atoms with Crippen LogP contribution in [0, 0.1) is 5.92 Å². The molecule has 27 heavy (non-hydrogen) atoms. The summed E-state index contributed by atoms with van der Waals surface area (Å²) in [6.07, 6.45) is 1.50. The Bertz CT molecular complexity index is 782. The zero-order valence-corrected chi connectivity index (χ0v) is 16.2.